The van der Waals surface area contributed by atoms with Crippen LogP contribution in [0.2, 0.25) is 0 Å². The van der Waals surface area contributed by atoms with Crippen molar-refractivity contribution >= 4 is 5.78 Å². The Morgan fingerprint density at radius 2 is 1.81 bits per heavy atom. The topological polar surface area (TPSA) is 26.3 Å². The first-order valence-corrected chi connectivity index (χ1v) is 4.37. The zero-order chi connectivity index (χ0) is 12.2. The Kier molecular flexibility index (Phi) is 3.71. The van der Waals surface area contributed by atoms with Crippen LogP contribution < -0.4 is 4.74 Å². The van der Waals surface area contributed by atoms with Crippen molar-refractivity contribution in [1.29, 1.82) is 0 Å². The van der Waals surface area contributed by atoms with Gasteiger partial charge in [0.05, 0.1) is 7.11 Å². The summed E-state index contributed by atoms with van der Waals surface area (Å²) in [6.45, 7) is 0. The van der Waals surface area contributed by atoms with Crippen molar-refractivity contribution in [3.8, 4) is 5.75 Å². The van der Waals surface area contributed by atoms with E-state index in [1.807, 2.05) is 0 Å². The average molecular weight is 230 g/mol. The van der Waals surface area contributed by atoms with Gasteiger partial charge in [0.25, 0.3) is 0 Å². The zero-order valence-electron chi connectivity index (χ0n) is 8.41. The Morgan fingerprint density at radius 3 is 2.25 bits per heavy atom. The first-order chi connectivity index (χ1) is 7.42. The van der Waals surface area contributed by atoms with E-state index in [9.17, 15) is 18.0 Å². The van der Waals surface area contributed by atoms with Gasteiger partial charge in [0.2, 0.25) is 0 Å². The minimum atomic E-state index is -4.47. The number of ketones is 1. The van der Waals surface area contributed by atoms with Crippen LogP contribution in [0.1, 0.15) is 10.4 Å². The molecule has 5 heteroatoms. The second-order valence-electron chi connectivity index (χ2n) is 2.97. The summed E-state index contributed by atoms with van der Waals surface area (Å²) in [6, 6.07) is 5.83. The predicted molar refractivity (Wildman–Crippen MR) is 52.5 cm³/mol. The van der Waals surface area contributed by atoms with Crippen LogP contribution in [-0.4, -0.2) is 19.1 Å². The van der Waals surface area contributed by atoms with Crippen LogP contribution in [0.4, 0.5) is 13.2 Å². The van der Waals surface area contributed by atoms with Crippen molar-refractivity contribution in [3.05, 3.63) is 42.0 Å². The molecule has 86 valence electrons. The lowest BCUT2D eigenvalue weighted by atomic mass is 10.1. The molecule has 1 aromatic carbocycles. The number of benzene rings is 1. The third-order valence-electron chi connectivity index (χ3n) is 1.80. The van der Waals surface area contributed by atoms with Crippen LogP contribution in [0.25, 0.3) is 0 Å². The van der Waals surface area contributed by atoms with E-state index >= 15 is 0 Å². The van der Waals surface area contributed by atoms with Crippen molar-refractivity contribution in [2.75, 3.05) is 7.11 Å². The highest BCUT2D eigenvalue weighted by atomic mass is 19.4. The van der Waals surface area contributed by atoms with E-state index in [1.165, 1.54) is 31.4 Å². The highest BCUT2D eigenvalue weighted by molar-refractivity contribution is 6.04. The van der Waals surface area contributed by atoms with Crippen LogP contribution in [0.3, 0.4) is 0 Å². The fourth-order valence-corrected chi connectivity index (χ4v) is 1.02. The van der Waals surface area contributed by atoms with Gasteiger partial charge in [-0.3, -0.25) is 4.79 Å². The first-order valence-electron chi connectivity index (χ1n) is 4.37. The molecule has 1 rings (SSSR count). The molecule has 0 radical (unpaired) electrons. The Hall–Kier alpha value is -1.78. The first kappa shape index (κ1) is 12.3. The molecule has 0 aromatic heterocycles. The van der Waals surface area contributed by atoms with Gasteiger partial charge in [0.1, 0.15) is 5.75 Å². The maximum atomic E-state index is 11.8. The Bertz CT molecular complexity index is 391. The van der Waals surface area contributed by atoms with E-state index in [0.717, 1.165) is 0 Å². The number of hydrogen-bond acceptors (Lipinski definition) is 2. The van der Waals surface area contributed by atoms with E-state index in [-0.39, 0.29) is 11.6 Å². The van der Waals surface area contributed by atoms with Crippen molar-refractivity contribution in [1.82, 2.24) is 0 Å². The van der Waals surface area contributed by atoms with Crippen molar-refractivity contribution < 1.29 is 22.7 Å². The highest BCUT2D eigenvalue weighted by Crippen LogP contribution is 2.17. The normalized spacial score (nSPS) is 11.8. The molecule has 0 N–H and O–H groups in total. The molecule has 0 aliphatic heterocycles. The minimum absolute atomic E-state index is 0.0838. The number of allylic oxidation sites excluding steroid dienone is 2. The molecular formula is C11H9F3O2. The number of ether oxygens (including phenoxy) is 1. The number of hydrogen-bond donors (Lipinski definition) is 0. The van der Waals surface area contributed by atoms with Gasteiger partial charge in [-0.25, -0.2) is 0 Å². The maximum absolute atomic E-state index is 11.8. The molecule has 0 aliphatic rings. The summed E-state index contributed by atoms with van der Waals surface area (Å²) >= 11 is 0. The third kappa shape index (κ3) is 3.76. The van der Waals surface area contributed by atoms with E-state index in [4.69, 9.17) is 4.74 Å². The summed E-state index contributed by atoms with van der Waals surface area (Å²) in [5.74, 6) is -0.156. The molecule has 0 heterocycles. The third-order valence-corrected chi connectivity index (χ3v) is 1.80. The molecule has 0 saturated carbocycles. The monoisotopic (exact) mass is 230 g/mol. The number of carbonyl (C=O) groups is 1. The Balaban J connectivity index is 2.77. The lowest BCUT2D eigenvalue weighted by Crippen LogP contribution is -2.03. The van der Waals surface area contributed by atoms with Crippen molar-refractivity contribution in [2.24, 2.45) is 0 Å². The van der Waals surface area contributed by atoms with Crippen LogP contribution in [-0.2, 0) is 0 Å². The standard InChI is InChI=1S/C11H9F3O2/c1-16-9-4-2-8(3-5-9)10(15)6-7-11(12,13)14/h2-7H,1H3/b7-6-. The van der Waals surface area contributed by atoms with Crippen molar-refractivity contribution in [3.63, 3.8) is 0 Å². The van der Waals surface area contributed by atoms with Crippen LogP contribution >= 0.6 is 0 Å². The molecule has 2 nitrogen and oxygen atoms in total. The van der Waals surface area contributed by atoms with Crippen LogP contribution in [0, 0.1) is 0 Å². The summed E-state index contributed by atoms with van der Waals surface area (Å²) in [6.07, 6.45) is -4.05. The van der Waals surface area contributed by atoms with Gasteiger partial charge >= 0.3 is 6.18 Å². The summed E-state index contributed by atoms with van der Waals surface area (Å²) < 4.78 is 40.2. The van der Waals surface area contributed by atoms with Gasteiger partial charge in [-0.15, -0.1) is 0 Å². The molecule has 1 aromatic rings. The maximum Gasteiger partial charge on any atom is 0.409 e. The van der Waals surface area contributed by atoms with Gasteiger partial charge < -0.3 is 4.74 Å². The minimum Gasteiger partial charge on any atom is -0.497 e. The molecule has 0 fully saturated rings. The molecule has 0 atom stereocenters. The summed E-state index contributed by atoms with van der Waals surface area (Å²) in [4.78, 5) is 11.3. The van der Waals surface area contributed by atoms with Gasteiger partial charge in [-0.2, -0.15) is 13.2 Å². The lowest BCUT2D eigenvalue weighted by Gasteiger charge is -2.00. The second kappa shape index (κ2) is 4.83. The predicted octanol–water partition coefficient (Wildman–Crippen LogP) is 3.00. The van der Waals surface area contributed by atoms with Crippen LogP contribution in [0.5, 0.6) is 5.75 Å². The highest BCUT2D eigenvalue weighted by Gasteiger charge is 2.22. The van der Waals surface area contributed by atoms with E-state index in [0.29, 0.717) is 11.8 Å². The molecule has 0 bridgehead atoms. The van der Waals surface area contributed by atoms with Gasteiger partial charge in [0.15, 0.2) is 5.78 Å². The van der Waals surface area contributed by atoms with Gasteiger partial charge in [-0.05, 0) is 30.3 Å². The molecule has 0 amide bonds. The summed E-state index contributed by atoms with van der Waals surface area (Å²) in [5.41, 5.74) is 0.182. The smallest absolute Gasteiger partial charge is 0.409 e. The number of alkyl halides is 3. The van der Waals surface area contributed by atoms with Crippen molar-refractivity contribution in [2.45, 2.75) is 6.18 Å². The largest absolute Gasteiger partial charge is 0.497 e. The van der Waals surface area contributed by atoms with E-state index < -0.39 is 12.0 Å². The Morgan fingerprint density at radius 1 is 1.25 bits per heavy atom. The summed E-state index contributed by atoms with van der Waals surface area (Å²) in [7, 11) is 1.46. The van der Waals surface area contributed by atoms with E-state index in [1.54, 1.807) is 0 Å². The zero-order valence-corrected chi connectivity index (χ0v) is 8.41. The number of carbonyl (C=O) groups excluding carboxylic acids is 1. The van der Waals surface area contributed by atoms with Gasteiger partial charge in [-0.1, -0.05) is 0 Å². The number of rotatable bonds is 3. The number of methoxy groups -OCH3 is 1. The van der Waals surface area contributed by atoms with Crippen LogP contribution in [0.15, 0.2) is 36.4 Å². The number of halogens is 3. The van der Waals surface area contributed by atoms with Gasteiger partial charge in [0, 0.05) is 11.6 Å². The Labute approximate surface area is 90.3 Å². The van der Waals surface area contributed by atoms with E-state index in [2.05, 4.69) is 0 Å². The fraction of sp³-hybridized carbons (Fsp3) is 0.182. The SMILES string of the molecule is COc1ccc(C(=O)/C=C\C(F)(F)F)cc1. The molecule has 0 saturated heterocycles. The molecule has 0 unspecified atom stereocenters. The second-order valence-corrected chi connectivity index (χ2v) is 2.97. The molecule has 0 spiro atoms. The molecule has 16 heavy (non-hydrogen) atoms. The quantitative estimate of drug-likeness (QED) is 0.589. The average Bonchev–Trinajstić information content (AvgIpc) is 2.25. The molecular weight excluding hydrogens is 221 g/mol. The lowest BCUT2D eigenvalue weighted by molar-refractivity contribution is -0.0799. The summed E-state index contributed by atoms with van der Waals surface area (Å²) in [5, 5.41) is 0. The fourth-order valence-electron chi connectivity index (χ4n) is 1.02. The molecule has 0 aliphatic carbocycles.